The van der Waals surface area contributed by atoms with Crippen molar-refractivity contribution >= 4 is 10.7 Å². The molecule has 0 saturated carbocycles. The molecule has 0 N–H and O–H groups in total. The summed E-state index contributed by atoms with van der Waals surface area (Å²) in [6.07, 6.45) is 0. The minimum atomic E-state index is -2.59. The molecule has 0 aliphatic carbocycles. The Balaban J connectivity index is 1.61. The monoisotopic (exact) mass is 398 g/mol. The van der Waals surface area contributed by atoms with Gasteiger partial charge in [0.15, 0.2) is 10.7 Å². The summed E-state index contributed by atoms with van der Waals surface area (Å²) >= 11 is 0. The van der Waals surface area contributed by atoms with E-state index in [1.54, 1.807) is 36.4 Å². The summed E-state index contributed by atoms with van der Waals surface area (Å²) in [7, 11) is -2.59. The van der Waals surface area contributed by atoms with Gasteiger partial charge in [-0.05, 0) is 93.6 Å². The fourth-order valence-electron chi connectivity index (χ4n) is 2.41. The highest BCUT2D eigenvalue weighted by molar-refractivity contribution is 7.72. The lowest BCUT2D eigenvalue weighted by Gasteiger charge is -2.21. The fourth-order valence-corrected chi connectivity index (χ4v) is 2.81. The van der Waals surface area contributed by atoms with E-state index in [4.69, 9.17) is 14.2 Å². The van der Waals surface area contributed by atoms with Gasteiger partial charge in [-0.25, -0.2) is 8.42 Å². The van der Waals surface area contributed by atoms with Crippen molar-refractivity contribution in [3.05, 3.63) is 72.8 Å². The summed E-state index contributed by atoms with van der Waals surface area (Å²) in [4.78, 5) is 0.255. The van der Waals surface area contributed by atoms with Crippen LogP contribution in [0.15, 0.2) is 77.7 Å². The van der Waals surface area contributed by atoms with Gasteiger partial charge in [0.2, 0.25) is 0 Å². The van der Waals surface area contributed by atoms with Crippen molar-refractivity contribution < 1.29 is 22.6 Å². The molecular formula is C22H22O5S. The first-order chi connectivity index (χ1) is 13.3. The van der Waals surface area contributed by atoms with Crippen LogP contribution in [0.1, 0.15) is 20.8 Å². The molecule has 0 aromatic heterocycles. The van der Waals surface area contributed by atoms with E-state index in [9.17, 15) is 8.42 Å². The van der Waals surface area contributed by atoms with E-state index in [1.807, 2.05) is 45.0 Å². The highest BCUT2D eigenvalue weighted by Crippen LogP contribution is 2.28. The van der Waals surface area contributed by atoms with Gasteiger partial charge in [0.05, 0.1) is 4.90 Å². The van der Waals surface area contributed by atoms with Crippen molar-refractivity contribution in [2.75, 3.05) is 0 Å². The third-order valence-corrected chi connectivity index (χ3v) is 4.31. The fraction of sp³-hybridized carbons (Fsp3) is 0.182. The van der Waals surface area contributed by atoms with Crippen LogP contribution in [0.3, 0.4) is 0 Å². The lowest BCUT2D eigenvalue weighted by molar-refractivity contribution is 0.131. The minimum Gasteiger partial charge on any atom is -0.488 e. The SMILES string of the molecule is CC(C)(C)Oc1ccc(Oc2ccc(Oc3ccc([SH](=O)=O)cc3)cc2)cc1. The molecule has 0 radical (unpaired) electrons. The molecular weight excluding hydrogens is 376 g/mol. The van der Waals surface area contributed by atoms with Gasteiger partial charge in [-0.15, -0.1) is 0 Å². The summed E-state index contributed by atoms with van der Waals surface area (Å²) in [6.45, 7) is 6.00. The molecule has 0 fully saturated rings. The zero-order valence-electron chi connectivity index (χ0n) is 15.9. The molecule has 28 heavy (non-hydrogen) atoms. The molecule has 0 atom stereocenters. The summed E-state index contributed by atoms with van der Waals surface area (Å²) in [5, 5.41) is 0. The maximum Gasteiger partial charge on any atom is 0.168 e. The van der Waals surface area contributed by atoms with Crippen molar-refractivity contribution in [2.24, 2.45) is 0 Å². The van der Waals surface area contributed by atoms with Gasteiger partial charge in [-0.1, -0.05) is 0 Å². The molecule has 3 rings (SSSR count). The van der Waals surface area contributed by atoms with Gasteiger partial charge in [0, 0.05) is 0 Å². The third-order valence-electron chi connectivity index (χ3n) is 3.59. The highest BCUT2D eigenvalue weighted by Gasteiger charge is 2.11. The van der Waals surface area contributed by atoms with E-state index in [1.165, 1.54) is 12.1 Å². The first-order valence-corrected chi connectivity index (χ1v) is 9.96. The van der Waals surface area contributed by atoms with Gasteiger partial charge < -0.3 is 14.2 Å². The van der Waals surface area contributed by atoms with Crippen LogP contribution in [-0.4, -0.2) is 14.0 Å². The zero-order valence-corrected chi connectivity index (χ0v) is 16.8. The Morgan fingerprint density at radius 3 is 1.21 bits per heavy atom. The first kappa shape index (κ1) is 19.8. The lowest BCUT2D eigenvalue weighted by atomic mass is 10.2. The Bertz CT molecular complexity index is 975. The molecule has 3 aromatic carbocycles. The van der Waals surface area contributed by atoms with E-state index in [2.05, 4.69) is 0 Å². The van der Waals surface area contributed by atoms with Crippen LogP contribution in [-0.2, 0) is 10.7 Å². The van der Waals surface area contributed by atoms with Crippen molar-refractivity contribution in [2.45, 2.75) is 31.3 Å². The minimum absolute atomic E-state index is 0.245. The number of hydrogen-bond donors (Lipinski definition) is 1. The lowest BCUT2D eigenvalue weighted by Crippen LogP contribution is -2.22. The molecule has 3 aromatic rings. The second-order valence-corrected chi connectivity index (χ2v) is 8.14. The van der Waals surface area contributed by atoms with E-state index in [0.717, 1.165) is 5.75 Å². The smallest absolute Gasteiger partial charge is 0.168 e. The molecule has 0 spiro atoms. The maximum absolute atomic E-state index is 10.9. The molecule has 0 unspecified atom stereocenters. The number of ether oxygens (including phenoxy) is 3. The molecule has 0 amide bonds. The average Bonchev–Trinajstić information content (AvgIpc) is 2.64. The molecule has 6 heteroatoms. The second-order valence-electron chi connectivity index (χ2n) is 7.11. The largest absolute Gasteiger partial charge is 0.488 e. The third kappa shape index (κ3) is 5.76. The highest BCUT2D eigenvalue weighted by atomic mass is 32.2. The van der Waals surface area contributed by atoms with Gasteiger partial charge >= 0.3 is 0 Å². The Kier molecular flexibility index (Phi) is 5.90. The molecule has 0 bridgehead atoms. The van der Waals surface area contributed by atoms with Crippen LogP contribution in [0, 0.1) is 0 Å². The van der Waals surface area contributed by atoms with Crippen molar-refractivity contribution in [1.29, 1.82) is 0 Å². The van der Waals surface area contributed by atoms with Crippen LogP contribution in [0.5, 0.6) is 28.7 Å². The molecule has 0 aliphatic rings. The standard InChI is InChI=1S/C22H22O5S/c1-22(2,3)27-20-10-8-18(9-11-20)25-16-4-6-17(7-5-16)26-19-12-14-21(15-13-19)28(23)24/h4-15,28H,1-3H3. The molecule has 5 nitrogen and oxygen atoms in total. The molecule has 146 valence electrons. The maximum atomic E-state index is 10.9. The van der Waals surface area contributed by atoms with E-state index in [-0.39, 0.29) is 10.5 Å². The Morgan fingerprint density at radius 1 is 0.571 bits per heavy atom. The number of thiol groups is 1. The van der Waals surface area contributed by atoms with Gasteiger partial charge in [-0.3, -0.25) is 0 Å². The van der Waals surface area contributed by atoms with Crippen LogP contribution < -0.4 is 14.2 Å². The number of hydrogen-bond acceptors (Lipinski definition) is 5. The van der Waals surface area contributed by atoms with Crippen LogP contribution in [0.2, 0.25) is 0 Å². The van der Waals surface area contributed by atoms with Crippen molar-refractivity contribution in [3.63, 3.8) is 0 Å². The summed E-state index contributed by atoms with van der Waals surface area (Å²) in [5.41, 5.74) is -0.245. The topological polar surface area (TPSA) is 61.8 Å². The Labute approximate surface area is 166 Å². The number of rotatable bonds is 6. The quantitative estimate of drug-likeness (QED) is 0.562. The Morgan fingerprint density at radius 2 is 0.893 bits per heavy atom. The predicted molar refractivity (Wildman–Crippen MR) is 108 cm³/mol. The molecule has 0 saturated heterocycles. The number of benzene rings is 3. The van der Waals surface area contributed by atoms with Crippen LogP contribution in [0.25, 0.3) is 0 Å². The summed E-state index contributed by atoms with van der Waals surface area (Å²) < 4.78 is 39.2. The van der Waals surface area contributed by atoms with E-state index < -0.39 is 10.7 Å². The van der Waals surface area contributed by atoms with Crippen LogP contribution >= 0.6 is 0 Å². The van der Waals surface area contributed by atoms with Crippen LogP contribution in [0.4, 0.5) is 0 Å². The van der Waals surface area contributed by atoms with Crippen molar-refractivity contribution in [1.82, 2.24) is 0 Å². The first-order valence-electron chi connectivity index (χ1n) is 8.78. The summed E-state index contributed by atoms with van der Waals surface area (Å²) in [6, 6.07) is 20.9. The van der Waals surface area contributed by atoms with Gasteiger partial charge in [0.25, 0.3) is 0 Å². The van der Waals surface area contributed by atoms with E-state index >= 15 is 0 Å². The Hall–Kier alpha value is -2.99. The molecule has 0 heterocycles. The predicted octanol–water partition coefficient (Wildman–Crippen LogP) is 5.42. The van der Waals surface area contributed by atoms with Crippen molar-refractivity contribution in [3.8, 4) is 28.7 Å². The zero-order chi connectivity index (χ0) is 20.1. The molecule has 0 aliphatic heterocycles. The van der Waals surface area contributed by atoms with Gasteiger partial charge in [0.1, 0.15) is 34.3 Å². The second kappa shape index (κ2) is 8.35. The van der Waals surface area contributed by atoms with Gasteiger partial charge in [-0.2, -0.15) is 0 Å². The summed E-state index contributed by atoms with van der Waals surface area (Å²) in [5.74, 6) is 3.35. The van der Waals surface area contributed by atoms with E-state index in [0.29, 0.717) is 23.0 Å². The normalized spacial score (nSPS) is 11.3. The average molecular weight is 398 g/mol.